The van der Waals surface area contributed by atoms with Gasteiger partial charge in [-0.05, 0) is 31.0 Å². The molecule has 1 aromatic carbocycles. The minimum Gasteiger partial charge on any atom is -0.439 e. The summed E-state index contributed by atoms with van der Waals surface area (Å²) in [5, 5.41) is 3.37. The van der Waals surface area contributed by atoms with Crippen LogP contribution in [-0.4, -0.2) is 24.7 Å². The summed E-state index contributed by atoms with van der Waals surface area (Å²) in [6, 6.07) is 6.25. The normalized spacial score (nSPS) is 24.6. The number of rotatable bonds is 2. The van der Waals surface area contributed by atoms with E-state index < -0.39 is 0 Å². The summed E-state index contributed by atoms with van der Waals surface area (Å²) in [6.45, 7) is 2.91. The molecule has 3 rings (SSSR count). The van der Waals surface area contributed by atoms with E-state index in [1.807, 2.05) is 12.1 Å². The Morgan fingerprint density at radius 1 is 1.47 bits per heavy atom. The second kappa shape index (κ2) is 4.13. The van der Waals surface area contributed by atoms with E-state index in [1.54, 1.807) is 7.11 Å². The number of methoxy groups -OCH3 is 1. The summed E-state index contributed by atoms with van der Waals surface area (Å²) in [5.74, 6) is 0.769. The maximum atomic E-state index is 5.80. The Morgan fingerprint density at radius 3 is 3.12 bits per heavy atom. The van der Waals surface area contributed by atoms with Crippen LogP contribution in [0, 0.1) is 6.92 Å². The fourth-order valence-corrected chi connectivity index (χ4v) is 2.27. The highest BCUT2D eigenvalue weighted by Crippen LogP contribution is 2.27. The molecular formula is C13H16N2O2. The van der Waals surface area contributed by atoms with E-state index in [0.29, 0.717) is 0 Å². The van der Waals surface area contributed by atoms with E-state index in [4.69, 9.17) is 9.15 Å². The van der Waals surface area contributed by atoms with Crippen LogP contribution in [0.5, 0.6) is 0 Å². The molecule has 17 heavy (non-hydrogen) atoms. The van der Waals surface area contributed by atoms with Gasteiger partial charge in [0.25, 0.3) is 0 Å². The summed E-state index contributed by atoms with van der Waals surface area (Å²) in [6.07, 6.45) is 1.18. The number of aromatic nitrogens is 1. The molecule has 90 valence electrons. The topological polar surface area (TPSA) is 47.3 Å². The van der Waals surface area contributed by atoms with E-state index in [0.717, 1.165) is 30.0 Å². The number of oxazole rings is 1. The highest BCUT2D eigenvalue weighted by Gasteiger charge is 2.28. The minimum atomic E-state index is 0.174. The highest BCUT2D eigenvalue weighted by molar-refractivity contribution is 5.73. The van der Waals surface area contributed by atoms with Crippen molar-refractivity contribution in [3.63, 3.8) is 0 Å². The largest absolute Gasteiger partial charge is 0.439 e. The van der Waals surface area contributed by atoms with Gasteiger partial charge in [-0.1, -0.05) is 6.07 Å². The molecular weight excluding hydrogens is 216 g/mol. The molecule has 1 N–H and O–H groups in total. The van der Waals surface area contributed by atoms with Crippen molar-refractivity contribution in [2.75, 3.05) is 13.7 Å². The second-order valence-electron chi connectivity index (χ2n) is 4.58. The van der Waals surface area contributed by atoms with E-state index in [2.05, 4.69) is 23.3 Å². The molecule has 0 aliphatic carbocycles. The van der Waals surface area contributed by atoms with E-state index >= 15 is 0 Å². The molecule has 0 bridgehead atoms. The maximum absolute atomic E-state index is 5.80. The number of nitrogens with one attached hydrogen (secondary N) is 1. The van der Waals surface area contributed by atoms with Gasteiger partial charge in [0.15, 0.2) is 5.58 Å². The molecule has 2 heterocycles. The molecule has 0 saturated carbocycles. The van der Waals surface area contributed by atoms with Gasteiger partial charge < -0.3 is 14.5 Å². The first kappa shape index (κ1) is 10.7. The zero-order chi connectivity index (χ0) is 11.8. The molecule has 0 radical (unpaired) electrons. The highest BCUT2D eigenvalue weighted by atomic mass is 16.5. The fraction of sp³-hybridized carbons (Fsp3) is 0.462. The molecule has 1 fully saturated rings. The third-order valence-electron chi connectivity index (χ3n) is 3.28. The van der Waals surface area contributed by atoms with Gasteiger partial charge in [0, 0.05) is 13.7 Å². The lowest BCUT2D eigenvalue weighted by Crippen LogP contribution is -2.16. The van der Waals surface area contributed by atoms with Crippen molar-refractivity contribution in [1.82, 2.24) is 10.3 Å². The van der Waals surface area contributed by atoms with Gasteiger partial charge in [0.05, 0.1) is 12.1 Å². The van der Waals surface area contributed by atoms with Crippen LogP contribution in [0.3, 0.4) is 0 Å². The van der Waals surface area contributed by atoms with E-state index in [1.165, 1.54) is 5.56 Å². The van der Waals surface area contributed by atoms with Crippen molar-refractivity contribution in [3.8, 4) is 0 Å². The second-order valence-corrected chi connectivity index (χ2v) is 4.58. The first-order valence-corrected chi connectivity index (χ1v) is 5.89. The monoisotopic (exact) mass is 232 g/mol. The zero-order valence-electron chi connectivity index (χ0n) is 10.1. The van der Waals surface area contributed by atoms with E-state index in [9.17, 15) is 0 Å². The molecule has 1 aromatic heterocycles. The average Bonchev–Trinajstić information content (AvgIpc) is 2.93. The lowest BCUT2D eigenvalue weighted by atomic mass is 10.2. The minimum absolute atomic E-state index is 0.174. The molecule has 0 amide bonds. The van der Waals surface area contributed by atoms with Crippen molar-refractivity contribution in [3.05, 3.63) is 29.7 Å². The SMILES string of the molecule is COC1CNC(c2nc3ccc(C)cc3o2)C1. The van der Waals surface area contributed by atoms with Crippen LogP contribution < -0.4 is 5.32 Å². The van der Waals surface area contributed by atoms with Crippen LogP contribution in [0.2, 0.25) is 0 Å². The number of aryl methyl sites for hydroxylation is 1. The molecule has 4 heteroatoms. The summed E-state index contributed by atoms with van der Waals surface area (Å²) in [5.41, 5.74) is 2.98. The van der Waals surface area contributed by atoms with Crippen molar-refractivity contribution in [2.24, 2.45) is 0 Å². The third kappa shape index (κ3) is 1.94. The van der Waals surface area contributed by atoms with E-state index in [-0.39, 0.29) is 12.1 Å². The molecule has 1 aliphatic heterocycles. The first-order valence-electron chi connectivity index (χ1n) is 5.89. The van der Waals surface area contributed by atoms with Crippen LogP contribution in [0.1, 0.15) is 23.9 Å². The van der Waals surface area contributed by atoms with Crippen LogP contribution in [0.15, 0.2) is 22.6 Å². The average molecular weight is 232 g/mol. The number of hydrogen-bond acceptors (Lipinski definition) is 4. The van der Waals surface area contributed by atoms with Crippen LogP contribution in [-0.2, 0) is 4.74 Å². The lowest BCUT2D eigenvalue weighted by Gasteiger charge is -2.04. The number of hydrogen-bond donors (Lipinski definition) is 1. The molecule has 0 spiro atoms. The Hall–Kier alpha value is -1.39. The predicted octanol–water partition coefficient (Wildman–Crippen LogP) is 2.19. The molecule has 2 unspecified atom stereocenters. The fourth-order valence-electron chi connectivity index (χ4n) is 2.27. The zero-order valence-corrected chi connectivity index (χ0v) is 10.1. The van der Waals surface area contributed by atoms with Gasteiger partial charge in [0.2, 0.25) is 5.89 Å². The Balaban J connectivity index is 1.91. The summed E-state index contributed by atoms with van der Waals surface area (Å²) in [4.78, 5) is 4.52. The van der Waals surface area contributed by atoms with Crippen LogP contribution in [0.25, 0.3) is 11.1 Å². The molecule has 2 atom stereocenters. The van der Waals surface area contributed by atoms with Crippen LogP contribution in [0.4, 0.5) is 0 Å². The summed E-state index contributed by atoms with van der Waals surface area (Å²) in [7, 11) is 1.74. The van der Waals surface area contributed by atoms with Gasteiger partial charge in [-0.2, -0.15) is 0 Å². The van der Waals surface area contributed by atoms with Gasteiger partial charge in [-0.3, -0.25) is 0 Å². The number of nitrogens with zero attached hydrogens (tertiary/aromatic N) is 1. The Kier molecular flexibility index (Phi) is 2.61. The van der Waals surface area contributed by atoms with Gasteiger partial charge >= 0.3 is 0 Å². The van der Waals surface area contributed by atoms with Crippen molar-refractivity contribution in [1.29, 1.82) is 0 Å². The predicted molar refractivity (Wildman–Crippen MR) is 64.9 cm³/mol. The number of fused-ring (bicyclic) bond motifs is 1. The van der Waals surface area contributed by atoms with Gasteiger partial charge in [-0.15, -0.1) is 0 Å². The lowest BCUT2D eigenvalue weighted by molar-refractivity contribution is 0.116. The Bertz CT molecular complexity index is 535. The van der Waals surface area contributed by atoms with Crippen molar-refractivity contribution < 1.29 is 9.15 Å². The first-order chi connectivity index (χ1) is 8.26. The Labute approximate surface area is 100.0 Å². The van der Waals surface area contributed by atoms with Crippen LogP contribution >= 0.6 is 0 Å². The number of benzene rings is 1. The number of ether oxygens (including phenoxy) is 1. The van der Waals surface area contributed by atoms with Gasteiger partial charge in [-0.25, -0.2) is 4.98 Å². The van der Waals surface area contributed by atoms with Crippen molar-refractivity contribution >= 4 is 11.1 Å². The Morgan fingerprint density at radius 2 is 2.35 bits per heavy atom. The van der Waals surface area contributed by atoms with Gasteiger partial charge in [0.1, 0.15) is 5.52 Å². The third-order valence-corrected chi connectivity index (χ3v) is 3.28. The smallest absolute Gasteiger partial charge is 0.212 e. The molecule has 4 nitrogen and oxygen atoms in total. The standard InChI is InChI=1S/C13H16N2O2/c1-8-3-4-10-12(5-8)17-13(15-10)11-6-9(16-2)7-14-11/h3-5,9,11,14H,6-7H2,1-2H3. The molecule has 1 aliphatic rings. The maximum Gasteiger partial charge on any atom is 0.212 e. The molecule has 2 aromatic rings. The molecule has 1 saturated heterocycles. The summed E-state index contributed by atoms with van der Waals surface area (Å²) < 4.78 is 11.1. The van der Waals surface area contributed by atoms with Crippen molar-refractivity contribution in [2.45, 2.75) is 25.5 Å². The summed E-state index contributed by atoms with van der Waals surface area (Å²) >= 11 is 0. The quantitative estimate of drug-likeness (QED) is 0.862.